The van der Waals surface area contributed by atoms with E-state index in [1.807, 2.05) is 0 Å². The topological polar surface area (TPSA) is 17.1 Å². The molecule has 0 aromatic rings. The molecule has 0 saturated heterocycles. The molecular formula is H3Cl3MnO. The molecule has 0 aliphatic heterocycles. The molecular weight excluding hydrogens is 177 g/mol. The number of halogens is 3. The van der Waals surface area contributed by atoms with E-state index >= 15 is 0 Å². The van der Waals surface area contributed by atoms with Crippen LogP contribution in [0.3, 0.4) is 0 Å². The first-order valence-corrected chi connectivity index (χ1v) is 0.636. The predicted octanol–water partition coefficient (Wildman–Crippen LogP) is 1.14. The van der Waals surface area contributed by atoms with Crippen LogP contribution in [0.5, 0.6) is 0 Å². The summed E-state index contributed by atoms with van der Waals surface area (Å²) in [5.41, 5.74) is 0. The second-order valence-corrected chi connectivity index (χ2v) is 0. The molecule has 0 spiro atoms. The second kappa shape index (κ2) is 64.4. The molecule has 0 fully saturated rings. The summed E-state index contributed by atoms with van der Waals surface area (Å²) in [6, 6.07) is 0. The van der Waals surface area contributed by atoms with Crippen molar-refractivity contribution in [2.45, 2.75) is 0 Å². The standard InChI is InChI=1S/3ClH.Mn.O/h3*1H;;. The third-order valence-corrected chi connectivity index (χ3v) is 0. The summed E-state index contributed by atoms with van der Waals surface area (Å²) in [7, 11) is 0. The quantitative estimate of drug-likeness (QED) is 0.511. The second-order valence-electron chi connectivity index (χ2n) is 0. The molecule has 0 unspecified atom stereocenters. The first kappa shape index (κ1) is 34.8. The van der Waals surface area contributed by atoms with Crippen LogP contribution in [0.15, 0.2) is 0 Å². The van der Waals surface area contributed by atoms with E-state index in [1.54, 1.807) is 15.9 Å². The molecule has 0 aromatic carbocycles. The van der Waals surface area contributed by atoms with Crippen molar-refractivity contribution < 1.29 is 19.8 Å². The van der Waals surface area contributed by atoms with Crippen LogP contribution in [0.2, 0.25) is 0 Å². The Labute approximate surface area is 57.1 Å². The Kier molecular flexibility index (Phi) is 448. The molecule has 1 nitrogen and oxygen atoms in total. The van der Waals surface area contributed by atoms with E-state index in [9.17, 15) is 0 Å². The van der Waals surface area contributed by atoms with Gasteiger partial charge in [-0.2, -0.15) is 0 Å². The molecule has 0 rings (SSSR count). The van der Waals surface area contributed by atoms with E-state index in [1.165, 1.54) is 0 Å². The van der Waals surface area contributed by atoms with E-state index in [4.69, 9.17) is 3.83 Å². The zero-order valence-electron chi connectivity index (χ0n) is 2.01. The van der Waals surface area contributed by atoms with E-state index in [0.717, 1.165) is 0 Å². The van der Waals surface area contributed by atoms with Gasteiger partial charge in [0.2, 0.25) is 0 Å². The number of hydrogen-bond donors (Lipinski definition) is 0. The van der Waals surface area contributed by atoms with Gasteiger partial charge in [0.15, 0.2) is 0 Å². The van der Waals surface area contributed by atoms with Gasteiger partial charge in [-0.05, 0) is 0 Å². The van der Waals surface area contributed by atoms with Crippen LogP contribution >= 0.6 is 37.2 Å². The fourth-order valence-electron chi connectivity index (χ4n) is 0. The molecule has 5 heteroatoms. The molecule has 0 N–H and O–H groups in total. The zero-order chi connectivity index (χ0) is 2.00. The Balaban J connectivity index is -0.00000000167. The van der Waals surface area contributed by atoms with Crippen molar-refractivity contribution in [1.29, 1.82) is 0 Å². The molecule has 0 heterocycles. The maximum atomic E-state index is 8.06. The first-order valence-electron chi connectivity index (χ1n) is 0.154. The van der Waals surface area contributed by atoms with Gasteiger partial charge in [0.05, 0.1) is 0 Å². The van der Waals surface area contributed by atoms with Gasteiger partial charge >= 0.3 is 19.8 Å². The van der Waals surface area contributed by atoms with Crippen LogP contribution in [-0.2, 0) is 19.8 Å². The van der Waals surface area contributed by atoms with Gasteiger partial charge in [-0.15, -0.1) is 37.2 Å². The molecule has 5 heavy (non-hydrogen) atoms. The summed E-state index contributed by atoms with van der Waals surface area (Å²) in [5.74, 6) is 0. The fraction of sp³-hybridized carbons (Fsp3) is 0. The van der Waals surface area contributed by atoms with Crippen molar-refractivity contribution >= 4 is 37.2 Å². The Morgan fingerprint density at radius 3 is 0.800 bits per heavy atom. The van der Waals surface area contributed by atoms with Crippen LogP contribution in [0.25, 0.3) is 0 Å². The Bertz CT molecular complexity index is 6.85. The van der Waals surface area contributed by atoms with Gasteiger partial charge in [-0.25, -0.2) is 0 Å². The van der Waals surface area contributed by atoms with Crippen LogP contribution in [0, 0.1) is 0 Å². The third kappa shape index (κ3) is 37.3. The summed E-state index contributed by atoms with van der Waals surface area (Å²) in [5, 5.41) is 0. The van der Waals surface area contributed by atoms with Crippen LogP contribution < -0.4 is 0 Å². The predicted molar refractivity (Wildman–Crippen MR) is 22.4 cm³/mol. The van der Waals surface area contributed by atoms with E-state index in [0.29, 0.717) is 0 Å². The third-order valence-electron chi connectivity index (χ3n) is 0. The Morgan fingerprint density at radius 2 is 0.800 bits per heavy atom. The monoisotopic (exact) mass is 179 g/mol. The molecule has 37 valence electrons. The summed E-state index contributed by atoms with van der Waals surface area (Å²) < 4.78 is 8.06. The summed E-state index contributed by atoms with van der Waals surface area (Å²) in [4.78, 5) is 0. The van der Waals surface area contributed by atoms with Crippen molar-refractivity contribution in [1.82, 2.24) is 0 Å². The summed E-state index contributed by atoms with van der Waals surface area (Å²) in [6.45, 7) is 0. The average molecular weight is 180 g/mol. The van der Waals surface area contributed by atoms with Gasteiger partial charge in [0.1, 0.15) is 0 Å². The van der Waals surface area contributed by atoms with Gasteiger partial charge in [-0.1, -0.05) is 0 Å². The minimum atomic E-state index is 0. The summed E-state index contributed by atoms with van der Waals surface area (Å²) in [6.07, 6.45) is 0. The van der Waals surface area contributed by atoms with Crippen molar-refractivity contribution in [2.24, 2.45) is 0 Å². The molecule has 0 aromatic heterocycles. The fourth-order valence-corrected chi connectivity index (χ4v) is 0. The number of hydrogen-bond acceptors (Lipinski definition) is 1. The molecule has 0 aliphatic rings. The molecule has 0 atom stereocenters. The van der Waals surface area contributed by atoms with Crippen molar-refractivity contribution in [3.05, 3.63) is 0 Å². The van der Waals surface area contributed by atoms with Crippen LogP contribution in [0.1, 0.15) is 0 Å². The molecule has 0 aliphatic carbocycles. The normalized spacial score (nSPS) is 0.800. The first-order chi connectivity index (χ1) is 1.00. The van der Waals surface area contributed by atoms with Crippen molar-refractivity contribution in [3.63, 3.8) is 0 Å². The minimum absolute atomic E-state index is 0. The molecule has 0 radical (unpaired) electrons. The maximum absolute atomic E-state index is 8.06. The van der Waals surface area contributed by atoms with Gasteiger partial charge in [-0.3, -0.25) is 0 Å². The van der Waals surface area contributed by atoms with E-state index < -0.39 is 0 Å². The van der Waals surface area contributed by atoms with Crippen molar-refractivity contribution in [3.8, 4) is 0 Å². The Morgan fingerprint density at radius 1 is 0.800 bits per heavy atom. The van der Waals surface area contributed by atoms with Crippen LogP contribution in [-0.4, -0.2) is 0 Å². The summed E-state index contributed by atoms with van der Waals surface area (Å²) >= 11 is 1.69. The van der Waals surface area contributed by atoms with E-state index in [-0.39, 0.29) is 37.2 Å². The number of rotatable bonds is 0. The van der Waals surface area contributed by atoms with E-state index in [2.05, 4.69) is 0 Å². The van der Waals surface area contributed by atoms with Gasteiger partial charge < -0.3 is 0 Å². The molecule has 0 bridgehead atoms. The Hall–Kier alpha value is 1.19. The van der Waals surface area contributed by atoms with Gasteiger partial charge in [0.25, 0.3) is 0 Å². The zero-order valence-corrected chi connectivity index (χ0v) is 5.64. The average Bonchev–Trinajstić information content (AvgIpc) is 1.00. The SMILES string of the molecule is Cl.Cl.Cl.[O]=[Mn]. The van der Waals surface area contributed by atoms with Gasteiger partial charge in [0, 0.05) is 0 Å². The van der Waals surface area contributed by atoms with Crippen molar-refractivity contribution in [2.75, 3.05) is 0 Å². The molecule has 0 amide bonds. The van der Waals surface area contributed by atoms with Crippen LogP contribution in [0.4, 0.5) is 0 Å². The molecule has 0 saturated carbocycles.